The summed E-state index contributed by atoms with van der Waals surface area (Å²) >= 11 is 1.59. The number of carbonyl (C=O) groups excluding carboxylic acids is 1. The minimum absolute atomic E-state index is 0.185. The Bertz CT molecular complexity index is 911. The van der Waals surface area contributed by atoms with Crippen LogP contribution < -0.4 is 0 Å². The first-order chi connectivity index (χ1) is 13.1. The highest BCUT2D eigenvalue weighted by Gasteiger charge is 2.24. The third-order valence-electron chi connectivity index (χ3n) is 5.35. The number of hydrogen-bond donors (Lipinski definition) is 1. The molecule has 6 heteroatoms. The zero-order chi connectivity index (χ0) is 18.8. The molecule has 0 radical (unpaired) electrons. The quantitative estimate of drug-likeness (QED) is 0.737. The molecule has 0 spiro atoms. The second kappa shape index (κ2) is 7.84. The van der Waals surface area contributed by atoms with Gasteiger partial charge >= 0.3 is 0 Å². The third kappa shape index (κ3) is 3.93. The van der Waals surface area contributed by atoms with E-state index in [-0.39, 0.29) is 5.91 Å². The summed E-state index contributed by atoms with van der Waals surface area (Å²) in [6.07, 6.45) is 2.07. The molecule has 3 aromatic rings. The maximum atomic E-state index is 12.8. The minimum atomic E-state index is -0.442. The lowest BCUT2D eigenvalue weighted by atomic mass is 10.1. The van der Waals surface area contributed by atoms with Crippen LogP contribution in [0.3, 0.4) is 0 Å². The molecule has 4 rings (SSSR count). The smallest absolute Gasteiger partial charge is 0.227 e. The summed E-state index contributed by atoms with van der Waals surface area (Å²) in [5, 5.41) is 13.5. The Morgan fingerprint density at radius 3 is 2.67 bits per heavy atom. The molecule has 2 aromatic heterocycles. The first kappa shape index (κ1) is 18.2. The van der Waals surface area contributed by atoms with Gasteiger partial charge < -0.3 is 14.6 Å². The van der Waals surface area contributed by atoms with Gasteiger partial charge in [0.2, 0.25) is 5.91 Å². The zero-order valence-corrected chi connectivity index (χ0v) is 16.4. The predicted molar refractivity (Wildman–Crippen MR) is 109 cm³/mol. The van der Waals surface area contributed by atoms with E-state index in [0.29, 0.717) is 13.0 Å². The van der Waals surface area contributed by atoms with Gasteiger partial charge in [-0.05, 0) is 23.1 Å². The third-order valence-corrected chi connectivity index (χ3v) is 6.32. The molecule has 1 saturated heterocycles. The molecule has 0 saturated carbocycles. The fourth-order valence-electron chi connectivity index (χ4n) is 3.84. The van der Waals surface area contributed by atoms with Crippen LogP contribution in [0.2, 0.25) is 0 Å². The van der Waals surface area contributed by atoms with Crippen LogP contribution in [0, 0.1) is 0 Å². The monoisotopic (exact) mass is 383 g/mol. The van der Waals surface area contributed by atoms with E-state index in [0.717, 1.165) is 47.5 Å². The summed E-state index contributed by atoms with van der Waals surface area (Å²) in [5.74, 6) is 0.185. The molecule has 0 aliphatic carbocycles. The van der Waals surface area contributed by atoms with Crippen molar-refractivity contribution < 1.29 is 9.90 Å². The topological polar surface area (TPSA) is 48.7 Å². The van der Waals surface area contributed by atoms with Gasteiger partial charge in [0.05, 0.1) is 6.42 Å². The second-order valence-electron chi connectivity index (χ2n) is 7.17. The Labute approximate surface area is 163 Å². The van der Waals surface area contributed by atoms with E-state index in [2.05, 4.69) is 27.8 Å². The Morgan fingerprint density at radius 1 is 1.15 bits per heavy atom. The molecule has 1 N–H and O–H groups in total. The van der Waals surface area contributed by atoms with Gasteiger partial charge in [-0.1, -0.05) is 24.3 Å². The number of benzene rings is 1. The first-order valence-electron chi connectivity index (χ1n) is 9.36. The number of aliphatic hydroxyl groups is 1. The zero-order valence-electron chi connectivity index (χ0n) is 15.5. The molecule has 5 nitrogen and oxygen atoms in total. The number of piperazine rings is 1. The van der Waals surface area contributed by atoms with E-state index >= 15 is 0 Å². The molecule has 3 heterocycles. The van der Waals surface area contributed by atoms with Crippen LogP contribution >= 0.6 is 11.3 Å². The van der Waals surface area contributed by atoms with Gasteiger partial charge in [-0.2, -0.15) is 0 Å². The fourth-order valence-corrected chi connectivity index (χ4v) is 4.54. The molecule has 0 bridgehead atoms. The van der Waals surface area contributed by atoms with E-state index in [4.69, 9.17) is 0 Å². The van der Waals surface area contributed by atoms with E-state index in [1.807, 2.05) is 41.6 Å². The number of rotatable bonds is 5. The van der Waals surface area contributed by atoms with Crippen molar-refractivity contribution in [3.63, 3.8) is 0 Å². The van der Waals surface area contributed by atoms with Crippen LogP contribution in [-0.4, -0.2) is 58.1 Å². The van der Waals surface area contributed by atoms with Crippen molar-refractivity contribution in [2.24, 2.45) is 7.05 Å². The number of aromatic nitrogens is 1. The Morgan fingerprint density at radius 2 is 1.93 bits per heavy atom. The van der Waals surface area contributed by atoms with E-state index in [1.54, 1.807) is 11.3 Å². The molecule has 1 fully saturated rings. The first-order valence-corrected chi connectivity index (χ1v) is 10.2. The molecular formula is C21H25N3O2S. The number of β-amino-alcohol motifs (C(OH)–C–C–N with tert-alkyl or cyclic N) is 1. The normalized spacial score (nSPS) is 16.7. The highest BCUT2D eigenvalue weighted by molar-refractivity contribution is 7.10. The lowest BCUT2D eigenvalue weighted by molar-refractivity contribution is -0.132. The van der Waals surface area contributed by atoms with Gasteiger partial charge in [0.25, 0.3) is 0 Å². The Hall–Kier alpha value is -2.15. The number of amides is 1. The van der Waals surface area contributed by atoms with Gasteiger partial charge in [0, 0.05) is 61.7 Å². The van der Waals surface area contributed by atoms with Gasteiger partial charge in [-0.15, -0.1) is 11.3 Å². The summed E-state index contributed by atoms with van der Waals surface area (Å²) in [4.78, 5) is 18.0. The van der Waals surface area contributed by atoms with Crippen molar-refractivity contribution in [1.82, 2.24) is 14.4 Å². The molecule has 1 aliphatic rings. The van der Waals surface area contributed by atoms with Gasteiger partial charge in [-0.3, -0.25) is 9.69 Å². The van der Waals surface area contributed by atoms with Crippen LogP contribution in [-0.2, 0) is 18.3 Å². The van der Waals surface area contributed by atoms with E-state index in [1.165, 1.54) is 0 Å². The summed E-state index contributed by atoms with van der Waals surface area (Å²) in [6.45, 7) is 3.70. The largest absolute Gasteiger partial charge is 0.386 e. The maximum Gasteiger partial charge on any atom is 0.227 e. The number of carbonyl (C=O) groups is 1. The highest BCUT2D eigenvalue weighted by atomic mass is 32.1. The predicted octanol–water partition coefficient (Wildman–Crippen LogP) is 2.66. The number of para-hydroxylation sites is 1. The average molecular weight is 384 g/mol. The van der Waals surface area contributed by atoms with Crippen LogP contribution in [0.4, 0.5) is 0 Å². The molecule has 27 heavy (non-hydrogen) atoms. The number of thiophene rings is 1. The molecule has 1 unspecified atom stereocenters. The molecule has 142 valence electrons. The molecule has 1 aromatic carbocycles. The Balaban J connectivity index is 1.33. The minimum Gasteiger partial charge on any atom is -0.386 e. The number of hydrogen-bond acceptors (Lipinski definition) is 4. The van der Waals surface area contributed by atoms with Crippen molar-refractivity contribution in [1.29, 1.82) is 0 Å². The van der Waals surface area contributed by atoms with Crippen molar-refractivity contribution in [2.75, 3.05) is 32.7 Å². The number of fused-ring (bicyclic) bond motifs is 1. The van der Waals surface area contributed by atoms with Gasteiger partial charge in [0.1, 0.15) is 6.10 Å². The molecule has 1 atom stereocenters. The lowest BCUT2D eigenvalue weighted by Gasteiger charge is -2.35. The van der Waals surface area contributed by atoms with Crippen molar-refractivity contribution >= 4 is 28.1 Å². The standard InChI is InChI=1S/C21H25N3O2S/c1-22-14-16(17-5-2-3-6-18(17)22)13-21(26)24-10-8-23(9-11-24)15-19(25)20-7-4-12-27-20/h2-7,12,14,19,25H,8-11,13,15H2,1H3. The number of aliphatic hydroxyl groups excluding tert-OH is 1. The molecule has 1 aliphatic heterocycles. The van der Waals surface area contributed by atoms with E-state index in [9.17, 15) is 9.90 Å². The number of nitrogens with zero attached hydrogens (tertiary/aromatic N) is 3. The molecule has 1 amide bonds. The van der Waals surface area contributed by atoms with Crippen LogP contribution in [0.5, 0.6) is 0 Å². The molecular weight excluding hydrogens is 358 g/mol. The van der Waals surface area contributed by atoms with Crippen LogP contribution in [0.1, 0.15) is 16.5 Å². The van der Waals surface area contributed by atoms with Crippen LogP contribution in [0.15, 0.2) is 48.0 Å². The van der Waals surface area contributed by atoms with Crippen molar-refractivity contribution in [3.8, 4) is 0 Å². The average Bonchev–Trinajstić information content (AvgIpc) is 3.32. The lowest BCUT2D eigenvalue weighted by Crippen LogP contribution is -2.49. The fraction of sp³-hybridized carbons (Fsp3) is 0.381. The highest BCUT2D eigenvalue weighted by Crippen LogP contribution is 2.22. The SMILES string of the molecule is Cn1cc(CC(=O)N2CCN(CC(O)c3cccs3)CC2)c2ccccc21. The Kier molecular flexibility index (Phi) is 5.29. The van der Waals surface area contributed by atoms with Gasteiger partial charge in [-0.25, -0.2) is 0 Å². The maximum absolute atomic E-state index is 12.8. The van der Waals surface area contributed by atoms with Crippen molar-refractivity contribution in [3.05, 3.63) is 58.4 Å². The van der Waals surface area contributed by atoms with Crippen LogP contribution in [0.25, 0.3) is 10.9 Å². The summed E-state index contributed by atoms with van der Waals surface area (Å²) in [7, 11) is 2.02. The summed E-state index contributed by atoms with van der Waals surface area (Å²) in [6, 6.07) is 12.2. The summed E-state index contributed by atoms with van der Waals surface area (Å²) < 4.78 is 2.09. The van der Waals surface area contributed by atoms with E-state index < -0.39 is 6.10 Å². The van der Waals surface area contributed by atoms with Crippen molar-refractivity contribution in [2.45, 2.75) is 12.5 Å². The second-order valence-corrected chi connectivity index (χ2v) is 8.15. The summed E-state index contributed by atoms with van der Waals surface area (Å²) in [5.41, 5.74) is 2.25. The van der Waals surface area contributed by atoms with Gasteiger partial charge in [0.15, 0.2) is 0 Å². The number of aryl methyl sites for hydroxylation is 1.